The molecule has 3 saturated heterocycles. The Morgan fingerprint density at radius 3 is 2.71 bits per heavy atom. The second-order valence-corrected chi connectivity index (χ2v) is 8.56. The molecule has 0 saturated carbocycles. The SMILES string of the molecule is O=C(c1ccc(-c2ccn[nH]2)cc1)N1C[C@H]2C[C@@H](C1)[C@H](CO)N1CCCC[C@@H]21. The number of benzene rings is 1. The zero-order valence-corrected chi connectivity index (χ0v) is 16.1. The quantitative estimate of drug-likeness (QED) is 0.858. The van der Waals surface area contributed by atoms with Gasteiger partial charge < -0.3 is 10.0 Å². The standard InChI is InChI=1S/C22H28N4O2/c27-14-21-18-11-17(20-3-1-2-10-26(20)21)12-25(13-18)22(28)16-6-4-15(5-7-16)19-8-9-23-24-19/h4-9,17-18,20-21,27H,1-3,10-14H2,(H,23,24)/t17-,18+,20+,21+/m1/s1. The number of aliphatic hydroxyl groups is 1. The Hall–Kier alpha value is -2.18. The van der Waals surface area contributed by atoms with Gasteiger partial charge in [0.25, 0.3) is 5.91 Å². The number of hydrogen-bond acceptors (Lipinski definition) is 4. The molecular formula is C22H28N4O2. The van der Waals surface area contributed by atoms with E-state index in [0.717, 1.165) is 42.9 Å². The van der Waals surface area contributed by atoms with Crippen LogP contribution in [-0.4, -0.2) is 69.3 Å². The summed E-state index contributed by atoms with van der Waals surface area (Å²) in [6, 6.07) is 10.4. The number of nitrogens with zero attached hydrogens (tertiary/aromatic N) is 3. The number of hydrogen-bond donors (Lipinski definition) is 2. The van der Waals surface area contributed by atoms with Crippen molar-refractivity contribution in [2.45, 2.75) is 37.8 Å². The van der Waals surface area contributed by atoms with Crippen LogP contribution >= 0.6 is 0 Å². The smallest absolute Gasteiger partial charge is 0.253 e. The molecule has 3 aliphatic heterocycles. The second kappa shape index (κ2) is 7.33. The van der Waals surface area contributed by atoms with Gasteiger partial charge in [0.2, 0.25) is 0 Å². The number of aliphatic hydroxyl groups excluding tert-OH is 1. The van der Waals surface area contributed by atoms with Crippen LogP contribution in [0.4, 0.5) is 0 Å². The Labute approximate surface area is 165 Å². The van der Waals surface area contributed by atoms with Gasteiger partial charge in [0.05, 0.1) is 12.3 Å². The van der Waals surface area contributed by atoms with Gasteiger partial charge in [-0.1, -0.05) is 18.6 Å². The fraction of sp³-hybridized carbons (Fsp3) is 0.545. The number of aromatic amines is 1. The third-order valence-corrected chi connectivity index (χ3v) is 7.04. The first-order valence-corrected chi connectivity index (χ1v) is 10.5. The second-order valence-electron chi connectivity index (χ2n) is 8.56. The average Bonchev–Trinajstić information content (AvgIpc) is 3.29. The number of carbonyl (C=O) groups excluding carboxylic acids is 1. The van der Waals surface area contributed by atoms with Crippen LogP contribution in [0, 0.1) is 11.8 Å². The van der Waals surface area contributed by atoms with Crippen molar-refractivity contribution in [2.24, 2.45) is 11.8 Å². The molecule has 0 spiro atoms. The molecule has 1 amide bonds. The summed E-state index contributed by atoms with van der Waals surface area (Å²) in [5, 5.41) is 17.0. The van der Waals surface area contributed by atoms with E-state index in [2.05, 4.69) is 15.1 Å². The number of carbonyl (C=O) groups is 1. The summed E-state index contributed by atoms with van der Waals surface area (Å²) in [7, 11) is 0. The highest BCUT2D eigenvalue weighted by Crippen LogP contribution is 2.41. The highest BCUT2D eigenvalue weighted by atomic mass is 16.3. The fourth-order valence-corrected chi connectivity index (χ4v) is 5.72. The Kier molecular flexibility index (Phi) is 4.69. The molecular weight excluding hydrogens is 352 g/mol. The number of H-pyrrole nitrogens is 1. The van der Waals surface area contributed by atoms with Crippen LogP contribution in [0.5, 0.6) is 0 Å². The third-order valence-electron chi connectivity index (χ3n) is 7.04. The molecule has 6 heteroatoms. The predicted octanol–water partition coefficient (Wildman–Crippen LogP) is 2.38. The summed E-state index contributed by atoms with van der Waals surface area (Å²) < 4.78 is 0. The van der Waals surface area contributed by atoms with E-state index in [-0.39, 0.29) is 18.6 Å². The van der Waals surface area contributed by atoms with E-state index in [0.29, 0.717) is 17.9 Å². The van der Waals surface area contributed by atoms with Crippen LogP contribution in [0.15, 0.2) is 36.5 Å². The Morgan fingerprint density at radius 1 is 1.14 bits per heavy atom. The molecule has 28 heavy (non-hydrogen) atoms. The molecule has 4 heterocycles. The fourth-order valence-electron chi connectivity index (χ4n) is 5.72. The third kappa shape index (κ3) is 3.05. The van der Waals surface area contributed by atoms with E-state index in [1.165, 1.54) is 19.3 Å². The summed E-state index contributed by atoms with van der Waals surface area (Å²) in [5.74, 6) is 1.04. The van der Waals surface area contributed by atoms with Crippen LogP contribution in [0.3, 0.4) is 0 Å². The maximum Gasteiger partial charge on any atom is 0.253 e. The lowest BCUT2D eigenvalue weighted by Gasteiger charge is -2.56. The van der Waals surface area contributed by atoms with Crippen LogP contribution in [0.1, 0.15) is 36.0 Å². The molecule has 6 nitrogen and oxygen atoms in total. The van der Waals surface area contributed by atoms with E-state index in [9.17, 15) is 9.90 Å². The van der Waals surface area contributed by atoms with Crippen LogP contribution < -0.4 is 0 Å². The Balaban J connectivity index is 1.35. The minimum atomic E-state index is 0.117. The van der Waals surface area contributed by atoms with Crippen molar-refractivity contribution >= 4 is 5.91 Å². The molecule has 2 N–H and O–H groups in total. The zero-order chi connectivity index (χ0) is 19.1. The van der Waals surface area contributed by atoms with Crippen molar-refractivity contribution in [1.82, 2.24) is 20.0 Å². The molecule has 3 aliphatic rings. The lowest BCUT2D eigenvalue weighted by Crippen LogP contribution is -2.65. The molecule has 0 radical (unpaired) electrons. The summed E-state index contributed by atoms with van der Waals surface area (Å²) in [5.41, 5.74) is 2.72. The van der Waals surface area contributed by atoms with E-state index >= 15 is 0 Å². The van der Waals surface area contributed by atoms with Crippen molar-refractivity contribution in [2.75, 3.05) is 26.2 Å². The van der Waals surface area contributed by atoms with E-state index in [4.69, 9.17) is 0 Å². The largest absolute Gasteiger partial charge is 0.395 e. The van der Waals surface area contributed by atoms with E-state index < -0.39 is 0 Å². The number of likely N-dealkylation sites (tertiary alicyclic amines) is 1. The van der Waals surface area contributed by atoms with Crippen LogP contribution in [0.25, 0.3) is 11.3 Å². The zero-order valence-electron chi connectivity index (χ0n) is 16.1. The minimum absolute atomic E-state index is 0.117. The first kappa shape index (κ1) is 17.9. The van der Waals surface area contributed by atoms with Gasteiger partial charge in [-0.25, -0.2) is 0 Å². The lowest BCUT2D eigenvalue weighted by atomic mass is 9.72. The van der Waals surface area contributed by atoms with E-state index in [1.807, 2.05) is 35.2 Å². The first-order chi connectivity index (χ1) is 13.7. The number of piperidine rings is 3. The summed E-state index contributed by atoms with van der Waals surface area (Å²) in [6.45, 7) is 2.91. The van der Waals surface area contributed by atoms with Crippen LogP contribution in [-0.2, 0) is 0 Å². The van der Waals surface area contributed by atoms with Gasteiger partial charge >= 0.3 is 0 Å². The Morgan fingerprint density at radius 2 is 1.96 bits per heavy atom. The highest BCUT2D eigenvalue weighted by molar-refractivity contribution is 5.94. The van der Waals surface area contributed by atoms with Gasteiger partial charge in [-0.15, -0.1) is 0 Å². The first-order valence-electron chi connectivity index (χ1n) is 10.5. The minimum Gasteiger partial charge on any atom is -0.395 e. The van der Waals surface area contributed by atoms with Crippen molar-refractivity contribution in [3.8, 4) is 11.3 Å². The summed E-state index contributed by atoms with van der Waals surface area (Å²) in [6.07, 6.45) is 6.58. The number of rotatable bonds is 3. The number of nitrogens with one attached hydrogen (secondary N) is 1. The summed E-state index contributed by atoms with van der Waals surface area (Å²) in [4.78, 5) is 17.8. The van der Waals surface area contributed by atoms with Crippen LogP contribution in [0.2, 0.25) is 0 Å². The molecule has 0 aliphatic carbocycles. The monoisotopic (exact) mass is 380 g/mol. The molecule has 1 aromatic carbocycles. The summed E-state index contributed by atoms with van der Waals surface area (Å²) >= 11 is 0. The normalized spacial score (nSPS) is 30.1. The molecule has 2 bridgehead atoms. The highest BCUT2D eigenvalue weighted by Gasteiger charge is 2.47. The van der Waals surface area contributed by atoms with Gasteiger partial charge in [-0.3, -0.25) is 14.8 Å². The molecule has 1 aromatic heterocycles. The number of amides is 1. The number of aromatic nitrogens is 2. The molecule has 3 fully saturated rings. The molecule has 148 valence electrons. The molecule has 2 aromatic rings. The van der Waals surface area contributed by atoms with Gasteiger partial charge in [0.1, 0.15) is 0 Å². The van der Waals surface area contributed by atoms with Crippen molar-refractivity contribution in [3.05, 3.63) is 42.1 Å². The maximum absolute atomic E-state index is 13.2. The van der Waals surface area contributed by atoms with Crippen molar-refractivity contribution in [3.63, 3.8) is 0 Å². The van der Waals surface area contributed by atoms with Gasteiger partial charge in [0, 0.05) is 36.9 Å². The van der Waals surface area contributed by atoms with E-state index in [1.54, 1.807) is 6.20 Å². The van der Waals surface area contributed by atoms with Gasteiger partial charge in [-0.2, -0.15) is 5.10 Å². The topological polar surface area (TPSA) is 72.5 Å². The molecule has 5 rings (SSSR count). The predicted molar refractivity (Wildman–Crippen MR) is 107 cm³/mol. The average molecular weight is 380 g/mol. The van der Waals surface area contributed by atoms with Crippen molar-refractivity contribution in [1.29, 1.82) is 0 Å². The van der Waals surface area contributed by atoms with Crippen molar-refractivity contribution < 1.29 is 9.90 Å². The maximum atomic E-state index is 13.2. The Bertz CT molecular complexity index is 806. The van der Waals surface area contributed by atoms with Gasteiger partial charge in [-0.05, 0) is 61.4 Å². The lowest BCUT2D eigenvalue weighted by molar-refractivity contribution is -0.0795. The molecule has 4 atom stereocenters. The molecule has 0 unspecified atom stereocenters. The number of fused-ring (bicyclic) bond motifs is 4. The van der Waals surface area contributed by atoms with Gasteiger partial charge in [0.15, 0.2) is 0 Å².